The highest BCUT2D eigenvalue weighted by Gasteiger charge is 2.27. The van der Waals surface area contributed by atoms with Crippen LogP contribution in [0.4, 0.5) is 0 Å². The second kappa shape index (κ2) is 5.65. The molecule has 0 spiro atoms. The molecule has 108 valence electrons. The van der Waals surface area contributed by atoms with Crippen molar-refractivity contribution in [1.29, 1.82) is 0 Å². The van der Waals surface area contributed by atoms with Crippen molar-refractivity contribution in [1.82, 2.24) is 14.8 Å². The van der Waals surface area contributed by atoms with Crippen LogP contribution in [0.3, 0.4) is 0 Å². The fourth-order valence-corrected chi connectivity index (χ4v) is 2.86. The number of carboxylic acids is 1. The van der Waals surface area contributed by atoms with Crippen LogP contribution in [-0.2, 0) is 11.8 Å². The van der Waals surface area contributed by atoms with E-state index in [2.05, 4.69) is 10.1 Å². The lowest BCUT2D eigenvalue weighted by Crippen LogP contribution is -1.94. The van der Waals surface area contributed by atoms with Crippen LogP contribution in [0.15, 0.2) is 18.5 Å². The maximum atomic E-state index is 10.5. The number of aromatic nitrogens is 3. The van der Waals surface area contributed by atoms with Crippen molar-refractivity contribution in [3.8, 4) is 0 Å². The van der Waals surface area contributed by atoms with Crippen LogP contribution in [0.1, 0.15) is 39.9 Å². The van der Waals surface area contributed by atoms with Crippen molar-refractivity contribution in [2.45, 2.75) is 18.8 Å². The molecule has 0 radical (unpaired) electrons. The van der Waals surface area contributed by atoms with E-state index in [1.54, 1.807) is 12.3 Å². The Hall–Kier alpha value is -2.21. The fourth-order valence-electron chi connectivity index (χ4n) is 2.14. The summed E-state index contributed by atoms with van der Waals surface area (Å²) in [6, 6.07) is 0. The third-order valence-corrected chi connectivity index (χ3v) is 4.27. The second-order valence-corrected chi connectivity index (χ2v) is 6.08. The average Bonchev–Trinajstić information content (AvgIpc) is 3.08. The molecule has 3 rings (SSSR count). The molecular weight excluding hydrogens is 286 g/mol. The molecule has 0 saturated heterocycles. The zero-order chi connectivity index (χ0) is 14.8. The SMILES string of the molecule is Cn1ncc(C2CC2)c1C=Cc1ncc(C=CC(=O)O)s1. The molecule has 1 aliphatic carbocycles. The zero-order valence-electron chi connectivity index (χ0n) is 11.6. The Balaban J connectivity index is 1.77. The van der Waals surface area contributed by atoms with Crippen molar-refractivity contribution in [2.75, 3.05) is 0 Å². The van der Waals surface area contributed by atoms with Crippen molar-refractivity contribution < 1.29 is 9.90 Å². The number of hydrogen-bond donors (Lipinski definition) is 1. The van der Waals surface area contributed by atoms with E-state index in [0.29, 0.717) is 5.92 Å². The minimum atomic E-state index is -0.954. The highest BCUT2D eigenvalue weighted by molar-refractivity contribution is 7.13. The zero-order valence-corrected chi connectivity index (χ0v) is 12.4. The average molecular weight is 301 g/mol. The van der Waals surface area contributed by atoms with Crippen LogP contribution in [0.5, 0.6) is 0 Å². The molecule has 21 heavy (non-hydrogen) atoms. The third kappa shape index (κ3) is 3.28. The predicted octanol–water partition coefficient (Wildman–Crippen LogP) is 3.02. The van der Waals surface area contributed by atoms with E-state index in [-0.39, 0.29) is 0 Å². The number of hydrogen-bond acceptors (Lipinski definition) is 4. The summed E-state index contributed by atoms with van der Waals surface area (Å²) in [5, 5.41) is 13.8. The Morgan fingerprint density at radius 3 is 2.90 bits per heavy atom. The monoisotopic (exact) mass is 301 g/mol. The summed E-state index contributed by atoms with van der Waals surface area (Å²) in [6.45, 7) is 0. The number of aliphatic carboxylic acids is 1. The summed E-state index contributed by atoms with van der Waals surface area (Å²) in [7, 11) is 1.94. The van der Waals surface area contributed by atoms with Crippen molar-refractivity contribution in [2.24, 2.45) is 7.05 Å². The molecule has 1 aliphatic rings. The van der Waals surface area contributed by atoms with Crippen LogP contribution in [0, 0.1) is 0 Å². The van der Waals surface area contributed by atoms with Gasteiger partial charge < -0.3 is 5.11 Å². The van der Waals surface area contributed by atoms with Crippen LogP contribution in [0.2, 0.25) is 0 Å². The summed E-state index contributed by atoms with van der Waals surface area (Å²) in [5.74, 6) is -0.298. The first-order valence-corrected chi connectivity index (χ1v) is 7.52. The number of rotatable bonds is 5. The van der Waals surface area contributed by atoms with E-state index in [1.807, 2.05) is 30.1 Å². The number of carboxylic acid groups (broad SMARTS) is 1. The van der Waals surface area contributed by atoms with Gasteiger partial charge >= 0.3 is 5.97 Å². The Morgan fingerprint density at radius 2 is 2.19 bits per heavy atom. The van der Waals surface area contributed by atoms with E-state index < -0.39 is 5.97 Å². The highest BCUT2D eigenvalue weighted by atomic mass is 32.1. The van der Waals surface area contributed by atoms with Gasteiger partial charge in [0.2, 0.25) is 0 Å². The topological polar surface area (TPSA) is 68.0 Å². The first-order chi connectivity index (χ1) is 10.1. The molecule has 6 heteroatoms. The molecule has 1 fully saturated rings. The molecule has 0 amide bonds. The molecule has 1 saturated carbocycles. The van der Waals surface area contributed by atoms with Crippen LogP contribution in [-0.4, -0.2) is 25.8 Å². The lowest BCUT2D eigenvalue weighted by atomic mass is 10.1. The third-order valence-electron chi connectivity index (χ3n) is 3.35. The molecular formula is C15H15N3O2S. The largest absolute Gasteiger partial charge is 0.478 e. The first kappa shape index (κ1) is 13.8. The minimum Gasteiger partial charge on any atom is -0.478 e. The summed E-state index contributed by atoms with van der Waals surface area (Å²) in [4.78, 5) is 15.6. The standard InChI is InChI=1S/C15H15N3O2S/c1-18-13(12(9-17-18)10-2-3-10)5-6-14-16-8-11(21-14)4-7-15(19)20/h4-10H,2-3H2,1H3,(H,19,20). The number of thiazole rings is 1. The molecule has 2 aromatic rings. The normalized spacial score (nSPS) is 15.3. The molecule has 0 aliphatic heterocycles. The summed E-state index contributed by atoms with van der Waals surface area (Å²) in [5.41, 5.74) is 2.42. The summed E-state index contributed by atoms with van der Waals surface area (Å²) in [6.07, 6.45) is 12.8. The lowest BCUT2D eigenvalue weighted by molar-refractivity contribution is -0.131. The van der Waals surface area contributed by atoms with Gasteiger partial charge in [0.25, 0.3) is 0 Å². The maximum absolute atomic E-state index is 10.5. The number of nitrogens with zero attached hydrogens (tertiary/aromatic N) is 3. The van der Waals surface area contributed by atoms with Gasteiger partial charge in [0.05, 0.1) is 11.9 Å². The number of aryl methyl sites for hydroxylation is 1. The summed E-state index contributed by atoms with van der Waals surface area (Å²) < 4.78 is 1.88. The molecule has 1 N–H and O–H groups in total. The van der Waals surface area contributed by atoms with Gasteiger partial charge in [0.1, 0.15) is 5.01 Å². The van der Waals surface area contributed by atoms with E-state index >= 15 is 0 Å². The Kier molecular flexibility index (Phi) is 3.70. The Labute approximate surface area is 126 Å². The summed E-state index contributed by atoms with van der Waals surface area (Å²) >= 11 is 1.45. The maximum Gasteiger partial charge on any atom is 0.328 e. The van der Waals surface area contributed by atoms with Gasteiger partial charge in [0.15, 0.2) is 0 Å². The molecule has 0 atom stereocenters. The van der Waals surface area contributed by atoms with Gasteiger partial charge in [-0.15, -0.1) is 11.3 Å². The van der Waals surface area contributed by atoms with Crippen LogP contribution >= 0.6 is 11.3 Å². The Bertz CT molecular complexity index is 723. The van der Waals surface area contributed by atoms with Gasteiger partial charge in [-0.05, 0) is 37.0 Å². The van der Waals surface area contributed by atoms with Crippen molar-refractivity contribution in [3.05, 3.63) is 39.6 Å². The van der Waals surface area contributed by atoms with Crippen LogP contribution < -0.4 is 0 Å². The molecule has 5 nitrogen and oxygen atoms in total. The first-order valence-electron chi connectivity index (χ1n) is 6.70. The van der Waals surface area contributed by atoms with Gasteiger partial charge in [-0.3, -0.25) is 4.68 Å². The highest BCUT2D eigenvalue weighted by Crippen LogP contribution is 2.41. The quantitative estimate of drug-likeness (QED) is 0.862. The number of carbonyl (C=O) groups is 1. The second-order valence-electron chi connectivity index (χ2n) is 4.99. The molecule has 0 bridgehead atoms. The van der Waals surface area contributed by atoms with E-state index in [9.17, 15) is 4.79 Å². The van der Waals surface area contributed by atoms with E-state index in [1.165, 1.54) is 29.7 Å². The molecule has 0 aromatic carbocycles. The van der Waals surface area contributed by atoms with Gasteiger partial charge in [-0.2, -0.15) is 5.10 Å². The van der Waals surface area contributed by atoms with Gasteiger partial charge in [0, 0.05) is 29.8 Å². The van der Waals surface area contributed by atoms with Crippen molar-refractivity contribution >= 4 is 35.5 Å². The predicted molar refractivity (Wildman–Crippen MR) is 82.9 cm³/mol. The van der Waals surface area contributed by atoms with E-state index in [4.69, 9.17) is 5.11 Å². The van der Waals surface area contributed by atoms with E-state index in [0.717, 1.165) is 21.7 Å². The smallest absolute Gasteiger partial charge is 0.328 e. The molecule has 2 aromatic heterocycles. The van der Waals surface area contributed by atoms with Crippen molar-refractivity contribution in [3.63, 3.8) is 0 Å². The minimum absolute atomic E-state index is 0.656. The van der Waals surface area contributed by atoms with Gasteiger partial charge in [-0.25, -0.2) is 9.78 Å². The molecule has 2 heterocycles. The Morgan fingerprint density at radius 1 is 1.38 bits per heavy atom. The lowest BCUT2D eigenvalue weighted by Gasteiger charge is -1.98. The van der Waals surface area contributed by atoms with Gasteiger partial charge in [-0.1, -0.05) is 0 Å². The van der Waals surface area contributed by atoms with Crippen LogP contribution in [0.25, 0.3) is 18.2 Å². The fraction of sp³-hybridized carbons (Fsp3) is 0.267. The molecule has 0 unspecified atom stereocenters.